The number of nitro benzene ring substituents is 1. The molecule has 1 aliphatic heterocycles. The van der Waals surface area contributed by atoms with Crippen molar-refractivity contribution < 1.29 is 14.8 Å². The summed E-state index contributed by atoms with van der Waals surface area (Å²) in [6, 6.07) is 4.98. The van der Waals surface area contributed by atoms with E-state index in [4.69, 9.17) is 4.74 Å². The molecule has 1 saturated heterocycles. The summed E-state index contributed by atoms with van der Waals surface area (Å²) in [5.41, 5.74) is 1.28. The van der Waals surface area contributed by atoms with Crippen LogP contribution in [0.3, 0.4) is 0 Å². The van der Waals surface area contributed by atoms with Crippen molar-refractivity contribution in [2.75, 3.05) is 31.7 Å². The van der Waals surface area contributed by atoms with Crippen LogP contribution in [0.15, 0.2) is 18.2 Å². The maximum Gasteiger partial charge on any atom is 0.292 e. The Kier molecular flexibility index (Phi) is 5.14. The number of nitro groups is 1. The maximum atomic E-state index is 11.3. The topological polar surface area (TPSA) is 75.8 Å². The third-order valence-electron chi connectivity index (χ3n) is 4.04. The number of hydrogen-bond donors (Lipinski definition) is 1. The molecule has 1 atom stereocenters. The number of rotatable bonds is 5. The van der Waals surface area contributed by atoms with Gasteiger partial charge < -0.3 is 14.7 Å². The number of nitrogens with zero attached hydrogens (tertiary/aromatic N) is 2. The van der Waals surface area contributed by atoms with Crippen molar-refractivity contribution in [3.8, 4) is 0 Å². The number of aliphatic hydroxyl groups excluding tert-OH is 1. The lowest BCUT2D eigenvalue weighted by molar-refractivity contribution is -0.384. The Morgan fingerprint density at radius 1 is 1.48 bits per heavy atom. The molecule has 0 saturated carbocycles. The van der Waals surface area contributed by atoms with E-state index in [1.165, 1.54) is 6.07 Å². The van der Waals surface area contributed by atoms with Crippen LogP contribution in [0.4, 0.5) is 11.4 Å². The van der Waals surface area contributed by atoms with Gasteiger partial charge in [0, 0.05) is 32.9 Å². The van der Waals surface area contributed by atoms with Crippen molar-refractivity contribution in [1.82, 2.24) is 0 Å². The van der Waals surface area contributed by atoms with Crippen LogP contribution in [-0.2, 0) is 4.74 Å². The highest BCUT2D eigenvalue weighted by Gasteiger charge is 2.25. The third kappa shape index (κ3) is 3.71. The monoisotopic (exact) mass is 294 g/mol. The molecular weight excluding hydrogens is 272 g/mol. The second-order valence-electron chi connectivity index (χ2n) is 5.57. The highest BCUT2D eigenvalue weighted by molar-refractivity contribution is 5.64. The molecule has 2 rings (SSSR count). The van der Waals surface area contributed by atoms with E-state index in [0.29, 0.717) is 17.2 Å². The lowest BCUT2D eigenvalue weighted by atomic mass is 9.97. The molecule has 6 heteroatoms. The molecule has 0 amide bonds. The SMILES string of the molecule is COCC1CCN(c2ccc(C(C)O)cc2[N+](=O)[O-])CC1. The van der Waals surface area contributed by atoms with Crippen LogP contribution in [0.2, 0.25) is 0 Å². The summed E-state index contributed by atoms with van der Waals surface area (Å²) in [6.07, 6.45) is 1.25. The summed E-state index contributed by atoms with van der Waals surface area (Å²) in [6.45, 7) is 3.94. The van der Waals surface area contributed by atoms with Crippen molar-refractivity contribution in [1.29, 1.82) is 0 Å². The van der Waals surface area contributed by atoms with E-state index >= 15 is 0 Å². The Hall–Kier alpha value is -1.66. The molecule has 21 heavy (non-hydrogen) atoms. The Bertz CT molecular complexity index is 496. The third-order valence-corrected chi connectivity index (χ3v) is 4.04. The van der Waals surface area contributed by atoms with Gasteiger partial charge in [0.15, 0.2) is 0 Å². The number of anilines is 1. The lowest BCUT2D eigenvalue weighted by Gasteiger charge is -2.33. The summed E-state index contributed by atoms with van der Waals surface area (Å²) < 4.78 is 5.17. The average molecular weight is 294 g/mol. The molecule has 0 bridgehead atoms. The van der Waals surface area contributed by atoms with Crippen LogP contribution in [0.1, 0.15) is 31.4 Å². The van der Waals surface area contributed by atoms with Gasteiger partial charge in [0.1, 0.15) is 5.69 Å². The molecule has 0 aliphatic carbocycles. The van der Waals surface area contributed by atoms with Crippen molar-refractivity contribution >= 4 is 11.4 Å². The van der Waals surface area contributed by atoms with Crippen LogP contribution in [0, 0.1) is 16.0 Å². The van der Waals surface area contributed by atoms with Crippen LogP contribution in [-0.4, -0.2) is 36.8 Å². The maximum absolute atomic E-state index is 11.3. The van der Waals surface area contributed by atoms with Gasteiger partial charge in [-0.3, -0.25) is 10.1 Å². The number of aliphatic hydroxyl groups is 1. The van der Waals surface area contributed by atoms with E-state index in [0.717, 1.165) is 32.5 Å². The minimum atomic E-state index is -0.704. The van der Waals surface area contributed by atoms with Gasteiger partial charge in [-0.05, 0) is 37.3 Å². The van der Waals surface area contributed by atoms with E-state index in [1.807, 2.05) is 0 Å². The highest BCUT2D eigenvalue weighted by atomic mass is 16.6. The largest absolute Gasteiger partial charge is 0.389 e. The minimum absolute atomic E-state index is 0.0681. The summed E-state index contributed by atoms with van der Waals surface area (Å²) in [4.78, 5) is 13.0. The first-order chi connectivity index (χ1) is 10.0. The quantitative estimate of drug-likeness (QED) is 0.667. The van der Waals surface area contributed by atoms with Gasteiger partial charge in [0.05, 0.1) is 11.0 Å². The van der Waals surface area contributed by atoms with Gasteiger partial charge in [-0.25, -0.2) is 0 Å². The van der Waals surface area contributed by atoms with Gasteiger partial charge in [-0.2, -0.15) is 0 Å². The second kappa shape index (κ2) is 6.87. The van der Waals surface area contributed by atoms with Gasteiger partial charge in [-0.15, -0.1) is 0 Å². The fourth-order valence-corrected chi connectivity index (χ4v) is 2.79. The summed E-state index contributed by atoms with van der Waals surface area (Å²) in [5.74, 6) is 0.530. The van der Waals surface area contributed by atoms with Gasteiger partial charge in [-0.1, -0.05) is 6.07 Å². The number of hydrogen-bond acceptors (Lipinski definition) is 5. The van der Waals surface area contributed by atoms with Crippen LogP contribution in [0.25, 0.3) is 0 Å². The van der Waals surface area contributed by atoms with E-state index in [-0.39, 0.29) is 10.6 Å². The molecule has 116 valence electrons. The van der Waals surface area contributed by atoms with Crippen LogP contribution < -0.4 is 4.90 Å². The van der Waals surface area contributed by atoms with E-state index in [2.05, 4.69) is 4.90 Å². The van der Waals surface area contributed by atoms with Crippen molar-refractivity contribution in [2.24, 2.45) is 5.92 Å². The summed E-state index contributed by atoms with van der Waals surface area (Å²) in [7, 11) is 1.70. The first-order valence-corrected chi connectivity index (χ1v) is 7.23. The van der Waals surface area contributed by atoms with Crippen molar-refractivity contribution in [3.05, 3.63) is 33.9 Å². The van der Waals surface area contributed by atoms with Crippen molar-refractivity contribution in [3.63, 3.8) is 0 Å². The fraction of sp³-hybridized carbons (Fsp3) is 0.600. The standard InChI is InChI=1S/C15H22N2O4/c1-11(18)13-3-4-14(15(9-13)17(19)20)16-7-5-12(6-8-16)10-21-2/h3-4,9,11-12,18H,5-8,10H2,1-2H3. The lowest BCUT2D eigenvalue weighted by Crippen LogP contribution is -2.35. The molecule has 0 aromatic heterocycles. The molecular formula is C15H22N2O4. The molecule has 6 nitrogen and oxygen atoms in total. The van der Waals surface area contributed by atoms with E-state index < -0.39 is 6.10 Å². The van der Waals surface area contributed by atoms with Crippen molar-refractivity contribution in [2.45, 2.75) is 25.9 Å². The molecule has 1 heterocycles. The zero-order valence-electron chi connectivity index (χ0n) is 12.5. The molecule has 1 fully saturated rings. The zero-order valence-corrected chi connectivity index (χ0v) is 12.5. The highest BCUT2D eigenvalue weighted by Crippen LogP contribution is 2.33. The molecule has 1 aromatic rings. The zero-order chi connectivity index (χ0) is 15.4. The second-order valence-corrected chi connectivity index (χ2v) is 5.57. The molecule has 1 aliphatic rings. The number of ether oxygens (including phenoxy) is 1. The van der Waals surface area contributed by atoms with E-state index in [9.17, 15) is 15.2 Å². The summed E-state index contributed by atoms with van der Waals surface area (Å²) >= 11 is 0. The first kappa shape index (κ1) is 15.7. The Morgan fingerprint density at radius 2 is 2.14 bits per heavy atom. The predicted octanol–water partition coefficient (Wildman–Crippen LogP) is 2.51. The number of methoxy groups -OCH3 is 1. The van der Waals surface area contributed by atoms with Crippen LogP contribution in [0.5, 0.6) is 0 Å². The minimum Gasteiger partial charge on any atom is -0.389 e. The molecule has 0 spiro atoms. The Labute approximate surface area is 124 Å². The Morgan fingerprint density at radius 3 is 2.67 bits per heavy atom. The van der Waals surface area contributed by atoms with E-state index in [1.54, 1.807) is 26.2 Å². The Balaban J connectivity index is 2.18. The fourth-order valence-electron chi connectivity index (χ4n) is 2.79. The normalized spacial score (nSPS) is 17.8. The summed E-state index contributed by atoms with van der Waals surface area (Å²) in [5, 5.41) is 20.9. The predicted molar refractivity (Wildman–Crippen MR) is 80.5 cm³/mol. The molecule has 1 aromatic carbocycles. The molecule has 1 unspecified atom stereocenters. The molecule has 0 radical (unpaired) electrons. The number of piperidine rings is 1. The smallest absolute Gasteiger partial charge is 0.292 e. The first-order valence-electron chi connectivity index (χ1n) is 7.23. The van der Waals surface area contributed by atoms with Gasteiger partial charge >= 0.3 is 0 Å². The van der Waals surface area contributed by atoms with Gasteiger partial charge in [0.2, 0.25) is 0 Å². The molecule has 1 N–H and O–H groups in total. The van der Waals surface area contributed by atoms with Gasteiger partial charge in [0.25, 0.3) is 5.69 Å². The number of benzene rings is 1. The van der Waals surface area contributed by atoms with Crippen LogP contribution >= 0.6 is 0 Å². The average Bonchev–Trinajstić information content (AvgIpc) is 2.47.